The van der Waals surface area contributed by atoms with E-state index in [9.17, 15) is 0 Å². The number of nitrogens with zero attached hydrogens (tertiary/aromatic N) is 5. The topological polar surface area (TPSA) is 68.5 Å². The van der Waals surface area contributed by atoms with Crippen LogP contribution in [0.5, 0.6) is 0 Å². The van der Waals surface area contributed by atoms with Gasteiger partial charge in [0.1, 0.15) is 12.7 Å². The summed E-state index contributed by atoms with van der Waals surface area (Å²) in [7, 11) is 0. The van der Waals surface area contributed by atoms with Gasteiger partial charge in [-0.25, -0.2) is 14.6 Å². The second-order valence-electron chi connectivity index (χ2n) is 4.34. The Labute approximate surface area is 116 Å². The summed E-state index contributed by atoms with van der Waals surface area (Å²) in [6, 6.07) is 9.78. The van der Waals surface area contributed by atoms with E-state index in [1.807, 2.05) is 30.3 Å². The van der Waals surface area contributed by atoms with Crippen LogP contribution in [-0.2, 0) is 0 Å². The van der Waals surface area contributed by atoms with Crippen LogP contribution < -0.4 is 5.32 Å². The van der Waals surface area contributed by atoms with Gasteiger partial charge in [-0.3, -0.25) is 4.98 Å². The molecule has 0 amide bonds. The number of hydrogen-bond acceptors (Lipinski definition) is 5. The van der Waals surface area contributed by atoms with Crippen molar-refractivity contribution in [2.24, 2.45) is 0 Å². The number of aromatic nitrogens is 5. The fourth-order valence-corrected chi connectivity index (χ4v) is 1.95. The van der Waals surface area contributed by atoms with Gasteiger partial charge in [0.2, 0.25) is 0 Å². The molecule has 0 aromatic carbocycles. The minimum absolute atomic E-state index is 0.0719. The third-order valence-electron chi connectivity index (χ3n) is 2.93. The molecule has 6 heteroatoms. The molecule has 20 heavy (non-hydrogen) atoms. The van der Waals surface area contributed by atoms with Crippen molar-refractivity contribution in [3.63, 3.8) is 0 Å². The van der Waals surface area contributed by atoms with Crippen molar-refractivity contribution in [3.8, 4) is 5.82 Å². The molecular weight excluding hydrogens is 252 g/mol. The Morgan fingerprint density at radius 2 is 2.00 bits per heavy atom. The molecule has 0 bridgehead atoms. The fourth-order valence-electron chi connectivity index (χ4n) is 1.95. The van der Waals surface area contributed by atoms with E-state index in [2.05, 4.69) is 32.3 Å². The highest BCUT2D eigenvalue weighted by atomic mass is 15.3. The predicted octanol–water partition coefficient (Wildman–Crippen LogP) is 2.23. The van der Waals surface area contributed by atoms with Crippen molar-refractivity contribution in [1.82, 2.24) is 24.7 Å². The van der Waals surface area contributed by atoms with Crippen molar-refractivity contribution < 1.29 is 0 Å². The van der Waals surface area contributed by atoms with E-state index in [0.29, 0.717) is 5.82 Å². The van der Waals surface area contributed by atoms with E-state index >= 15 is 0 Å². The monoisotopic (exact) mass is 266 g/mol. The molecule has 0 fully saturated rings. The normalized spacial score (nSPS) is 12.1. The second kappa shape index (κ2) is 5.48. The molecule has 0 radical (unpaired) electrons. The summed E-state index contributed by atoms with van der Waals surface area (Å²) >= 11 is 0. The standard InChI is InChI=1S/C14H14N6/c1-11(12-5-2-3-7-16-12)19-13-6-4-8-17-14(13)20-10-15-9-18-20/h2-11,19H,1H3. The summed E-state index contributed by atoms with van der Waals surface area (Å²) in [5, 5.41) is 7.52. The maximum atomic E-state index is 4.35. The first-order valence-corrected chi connectivity index (χ1v) is 6.32. The third kappa shape index (κ3) is 2.49. The maximum Gasteiger partial charge on any atom is 0.178 e. The smallest absolute Gasteiger partial charge is 0.178 e. The molecule has 3 aromatic heterocycles. The van der Waals surface area contributed by atoms with Gasteiger partial charge in [-0.1, -0.05) is 6.07 Å². The van der Waals surface area contributed by atoms with Crippen molar-refractivity contribution in [1.29, 1.82) is 0 Å². The number of hydrogen-bond donors (Lipinski definition) is 1. The molecule has 0 aliphatic rings. The fraction of sp³-hybridized carbons (Fsp3) is 0.143. The highest BCUT2D eigenvalue weighted by Gasteiger charge is 2.11. The molecule has 6 nitrogen and oxygen atoms in total. The first-order chi connectivity index (χ1) is 9.84. The summed E-state index contributed by atoms with van der Waals surface area (Å²) in [5.41, 5.74) is 1.86. The first-order valence-electron chi connectivity index (χ1n) is 6.32. The summed E-state index contributed by atoms with van der Waals surface area (Å²) < 4.78 is 1.63. The van der Waals surface area contributed by atoms with Crippen LogP contribution in [0.3, 0.4) is 0 Å². The van der Waals surface area contributed by atoms with Gasteiger partial charge in [0.25, 0.3) is 0 Å². The van der Waals surface area contributed by atoms with Crippen LogP contribution >= 0.6 is 0 Å². The Hall–Kier alpha value is -2.76. The van der Waals surface area contributed by atoms with E-state index in [1.54, 1.807) is 23.4 Å². The van der Waals surface area contributed by atoms with Crippen molar-refractivity contribution in [2.75, 3.05) is 5.32 Å². The van der Waals surface area contributed by atoms with Crippen LogP contribution in [0.25, 0.3) is 5.82 Å². The average molecular weight is 266 g/mol. The number of anilines is 1. The summed E-state index contributed by atoms with van der Waals surface area (Å²) in [4.78, 5) is 12.6. The average Bonchev–Trinajstić information content (AvgIpc) is 3.03. The van der Waals surface area contributed by atoms with Crippen LogP contribution in [0.1, 0.15) is 18.7 Å². The Morgan fingerprint density at radius 1 is 1.10 bits per heavy atom. The van der Waals surface area contributed by atoms with E-state index in [1.165, 1.54) is 6.33 Å². The maximum absolute atomic E-state index is 4.35. The molecule has 0 saturated heterocycles. The lowest BCUT2D eigenvalue weighted by atomic mass is 10.2. The molecule has 100 valence electrons. The largest absolute Gasteiger partial charge is 0.374 e. The first kappa shape index (κ1) is 12.3. The quantitative estimate of drug-likeness (QED) is 0.784. The number of pyridine rings is 2. The zero-order chi connectivity index (χ0) is 13.8. The van der Waals surface area contributed by atoms with Crippen LogP contribution in [0.2, 0.25) is 0 Å². The summed E-state index contributed by atoms with van der Waals surface area (Å²) in [6.07, 6.45) is 6.63. The zero-order valence-electron chi connectivity index (χ0n) is 11.0. The third-order valence-corrected chi connectivity index (χ3v) is 2.93. The lowest BCUT2D eigenvalue weighted by Gasteiger charge is -2.16. The van der Waals surface area contributed by atoms with Crippen molar-refractivity contribution in [2.45, 2.75) is 13.0 Å². The van der Waals surface area contributed by atoms with Crippen LogP contribution in [0.15, 0.2) is 55.4 Å². The molecule has 3 aromatic rings. The molecule has 0 spiro atoms. The van der Waals surface area contributed by atoms with Gasteiger partial charge in [-0.15, -0.1) is 0 Å². The summed E-state index contributed by atoms with van der Waals surface area (Å²) in [6.45, 7) is 2.06. The highest BCUT2D eigenvalue weighted by molar-refractivity contribution is 5.57. The second-order valence-corrected chi connectivity index (χ2v) is 4.34. The number of nitrogens with one attached hydrogen (secondary N) is 1. The molecular formula is C14H14N6. The van der Waals surface area contributed by atoms with Gasteiger partial charge in [-0.2, -0.15) is 5.10 Å². The highest BCUT2D eigenvalue weighted by Crippen LogP contribution is 2.21. The van der Waals surface area contributed by atoms with Gasteiger partial charge in [0.15, 0.2) is 5.82 Å². The Bertz CT molecular complexity index is 665. The van der Waals surface area contributed by atoms with Gasteiger partial charge in [-0.05, 0) is 31.2 Å². The van der Waals surface area contributed by atoms with E-state index in [-0.39, 0.29) is 6.04 Å². The van der Waals surface area contributed by atoms with Gasteiger partial charge < -0.3 is 5.32 Å². The number of rotatable bonds is 4. The van der Waals surface area contributed by atoms with Gasteiger partial charge >= 0.3 is 0 Å². The van der Waals surface area contributed by atoms with E-state index < -0.39 is 0 Å². The molecule has 1 N–H and O–H groups in total. The minimum atomic E-state index is 0.0719. The van der Waals surface area contributed by atoms with Crippen molar-refractivity contribution >= 4 is 5.69 Å². The summed E-state index contributed by atoms with van der Waals surface area (Å²) in [5.74, 6) is 0.716. The lowest BCUT2D eigenvalue weighted by Crippen LogP contribution is -2.11. The zero-order valence-corrected chi connectivity index (χ0v) is 11.0. The van der Waals surface area contributed by atoms with E-state index in [4.69, 9.17) is 0 Å². The molecule has 3 heterocycles. The lowest BCUT2D eigenvalue weighted by molar-refractivity contribution is 0.812. The Kier molecular flexibility index (Phi) is 3.36. The minimum Gasteiger partial charge on any atom is -0.374 e. The van der Waals surface area contributed by atoms with E-state index in [0.717, 1.165) is 11.4 Å². The molecule has 1 atom stereocenters. The van der Waals surface area contributed by atoms with Crippen LogP contribution in [0, 0.1) is 0 Å². The SMILES string of the molecule is CC(Nc1cccnc1-n1cncn1)c1ccccn1. The van der Waals surface area contributed by atoms with Crippen LogP contribution in [-0.4, -0.2) is 24.7 Å². The van der Waals surface area contributed by atoms with Gasteiger partial charge in [0, 0.05) is 12.4 Å². The molecule has 0 saturated carbocycles. The predicted molar refractivity (Wildman–Crippen MR) is 75.4 cm³/mol. The molecule has 1 unspecified atom stereocenters. The van der Waals surface area contributed by atoms with Crippen molar-refractivity contribution in [3.05, 3.63) is 61.1 Å². The molecule has 0 aliphatic heterocycles. The van der Waals surface area contributed by atoms with Gasteiger partial charge in [0.05, 0.1) is 17.4 Å². The van der Waals surface area contributed by atoms with Crippen LogP contribution in [0.4, 0.5) is 5.69 Å². The molecule has 3 rings (SSSR count). The Balaban J connectivity index is 1.88. The Morgan fingerprint density at radius 3 is 2.75 bits per heavy atom. The molecule has 0 aliphatic carbocycles.